The molecule has 3 rings (SSSR count). The molecule has 0 spiro atoms. The van der Waals surface area contributed by atoms with Gasteiger partial charge in [-0.25, -0.2) is 9.37 Å². The number of halogens is 4. The van der Waals surface area contributed by atoms with Crippen LogP contribution in [-0.4, -0.2) is 11.0 Å². The number of aromatic nitrogens is 1. The van der Waals surface area contributed by atoms with Crippen molar-refractivity contribution >= 4 is 5.82 Å². The van der Waals surface area contributed by atoms with Crippen molar-refractivity contribution in [1.29, 1.82) is 5.26 Å². The summed E-state index contributed by atoms with van der Waals surface area (Å²) in [5.41, 5.74) is -0.0879. The molecule has 0 unspecified atom stereocenters. The molecule has 2 atom stereocenters. The van der Waals surface area contributed by atoms with Gasteiger partial charge in [-0.15, -0.1) is 0 Å². The Balaban J connectivity index is 1.78. The second kappa shape index (κ2) is 5.54. The van der Waals surface area contributed by atoms with Gasteiger partial charge in [0.1, 0.15) is 23.4 Å². The largest absolute Gasteiger partial charge is 0.433 e. The van der Waals surface area contributed by atoms with E-state index >= 15 is 0 Å². The first kappa shape index (κ1) is 15.3. The van der Waals surface area contributed by atoms with E-state index in [-0.39, 0.29) is 29.2 Å². The van der Waals surface area contributed by atoms with Crippen LogP contribution in [-0.2, 0) is 6.18 Å². The van der Waals surface area contributed by atoms with Gasteiger partial charge in [-0.2, -0.15) is 18.4 Å². The summed E-state index contributed by atoms with van der Waals surface area (Å²) in [6.45, 7) is 0. The minimum atomic E-state index is -4.57. The molecule has 1 aliphatic rings. The van der Waals surface area contributed by atoms with E-state index < -0.39 is 11.9 Å². The zero-order chi connectivity index (χ0) is 16.6. The van der Waals surface area contributed by atoms with Crippen LogP contribution in [0.2, 0.25) is 0 Å². The smallest absolute Gasteiger partial charge is 0.366 e. The second-order valence-corrected chi connectivity index (χ2v) is 5.35. The lowest BCUT2D eigenvalue weighted by atomic mass is 10.1. The Morgan fingerprint density at radius 2 is 1.83 bits per heavy atom. The summed E-state index contributed by atoms with van der Waals surface area (Å²) in [6.07, 6.45) is -3.88. The zero-order valence-corrected chi connectivity index (χ0v) is 11.7. The highest BCUT2D eigenvalue weighted by Gasteiger charge is 2.40. The van der Waals surface area contributed by atoms with E-state index in [1.807, 2.05) is 6.07 Å². The maximum atomic E-state index is 12.9. The lowest BCUT2D eigenvalue weighted by Gasteiger charge is -2.11. The van der Waals surface area contributed by atoms with Gasteiger partial charge in [-0.3, -0.25) is 0 Å². The highest BCUT2D eigenvalue weighted by atomic mass is 19.4. The highest BCUT2D eigenvalue weighted by molar-refractivity contribution is 5.54. The quantitative estimate of drug-likeness (QED) is 0.867. The third kappa shape index (κ3) is 3.26. The number of nitrogens with zero attached hydrogens (tertiary/aromatic N) is 2. The molecule has 1 aromatic heterocycles. The molecule has 1 N–H and O–H groups in total. The van der Waals surface area contributed by atoms with E-state index in [0.717, 1.165) is 17.7 Å². The molecule has 1 aliphatic carbocycles. The number of benzene rings is 1. The lowest BCUT2D eigenvalue weighted by molar-refractivity contribution is -0.141. The average Bonchev–Trinajstić information content (AvgIpc) is 3.26. The fourth-order valence-corrected chi connectivity index (χ4v) is 2.43. The van der Waals surface area contributed by atoms with Crippen LogP contribution >= 0.6 is 0 Å². The van der Waals surface area contributed by atoms with Gasteiger partial charge < -0.3 is 5.32 Å². The van der Waals surface area contributed by atoms with Crippen LogP contribution < -0.4 is 5.32 Å². The Morgan fingerprint density at radius 1 is 1.13 bits per heavy atom. The van der Waals surface area contributed by atoms with Crippen LogP contribution in [0.5, 0.6) is 0 Å². The molecule has 1 heterocycles. The summed E-state index contributed by atoms with van der Waals surface area (Å²) >= 11 is 0. The monoisotopic (exact) mass is 321 g/mol. The molecule has 3 nitrogen and oxygen atoms in total. The Hall–Kier alpha value is -2.62. The summed E-state index contributed by atoms with van der Waals surface area (Å²) in [5, 5.41) is 11.9. The number of anilines is 1. The molecule has 0 amide bonds. The number of pyridine rings is 1. The summed E-state index contributed by atoms with van der Waals surface area (Å²) in [4.78, 5) is 3.52. The topological polar surface area (TPSA) is 48.7 Å². The van der Waals surface area contributed by atoms with E-state index in [9.17, 15) is 17.6 Å². The van der Waals surface area contributed by atoms with Crippen LogP contribution in [0.4, 0.5) is 23.4 Å². The summed E-state index contributed by atoms with van der Waals surface area (Å²) in [7, 11) is 0. The van der Waals surface area contributed by atoms with E-state index in [4.69, 9.17) is 5.26 Å². The first-order valence-electron chi connectivity index (χ1n) is 6.89. The summed E-state index contributed by atoms with van der Waals surface area (Å²) < 4.78 is 51.1. The molecule has 2 aromatic rings. The van der Waals surface area contributed by atoms with Gasteiger partial charge in [0.05, 0.1) is 5.56 Å². The molecule has 1 fully saturated rings. The minimum Gasteiger partial charge on any atom is -0.366 e. The standard InChI is InChI=1S/C16H11F4N3/c17-11-4-1-9(2-5-11)12-7-13(12)22-15-10(8-21)3-6-14(23-15)16(18,19)20/h1-6,12-13H,7H2,(H,22,23)/t12-,13+/m0/s1. The van der Waals surface area contributed by atoms with Crippen molar-refractivity contribution in [2.45, 2.75) is 24.6 Å². The maximum Gasteiger partial charge on any atom is 0.433 e. The lowest BCUT2D eigenvalue weighted by Crippen LogP contribution is -2.13. The van der Waals surface area contributed by atoms with Crippen molar-refractivity contribution in [2.75, 3.05) is 5.32 Å². The first-order chi connectivity index (χ1) is 10.9. The number of hydrogen-bond acceptors (Lipinski definition) is 3. The molecule has 0 saturated heterocycles. The van der Waals surface area contributed by atoms with Gasteiger partial charge in [0.25, 0.3) is 0 Å². The minimum absolute atomic E-state index is 0.0581. The van der Waals surface area contributed by atoms with E-state index in [1.54, 1.807) is 12.1 Å². The van der Waals surface area contributed by atoms with Crippen molar-refractivity contribution in [3.8, 4) is 6.07 Å². The van der Waals surface area contributed by atoms with E-state index in [0.29, 0.717) is 6.42 Å². The predicted octanol–water partition coefficient (Wildman–Crippen LogP) is 4.08. The number of rotatable bonds is 3. The van der Waals surface area contributed by atoms with Gasteiger partial charge in [-0.05, 0) is 36.2 Å². The van der Waals surface area contributed by atoms with Crippen LogP contribution in [0.1, 0.15) is 29.2 Å². The molecule has 23 heavy (non-hydrogen) atoms. The molecule has 7 heteroatoms. The van der Waals surface area contributed by atoms with E-state index in [1.165, 1.54) is 12.1 Å². The van der Waals surface area contributed by atoms with Crippen LogP contribution in [0.15, 0.2) is 36.4 Å². The molecule has 0 aliphatic heterocycles. The van der Waals surface area contributed by atoms with Crippen molar-refractivity contribution < 1.29 is 17.6 Å². The van der Waals surface area contributed by atoms with Gasteiger partial charge in [-0.1, -0.05) is 12.1 Å². The molecule has 0 bridgehead atoms. The fraction of sp³-hybridized carbons (Fsp3) is 0.250. The number of hydrogen-bond donors (Lipinski definition) is 1. The summed E-state index contributed by atoms with van der Waals surface area (Å²) in [5.74, 6) is -0.347. The number of nitriles is 1. The molecular formula is C16H11F4N3. The highest BCUT2D eigenvalue weighted by Crippen LogP contribution is 2.43. The van der Waals surface area contributed by atoms with Gasteiger partial charge in [0, 0.05) is 12.0 Å². The number of alkyl halides is 3. The Kier molecular flexibility index (Phi) is 3.68. The molecule has 0 radical (unpaired) electrons. The van der Waals surface area contributed by atoms with E-state index in [2.05, 4.69) is 10.3 Å². The predicted molar refractivity (Wildman–Crippen MR) is 75.1 cm³/mol. The third-order valence-corrected chi connectivity index (χ3v) is 3.72. The maximum absolute atomic E-state index is 12.9. The summed E-state index contributed by atoms with van der Waals surface area (Å²) in [6, 6.07) is 9.57. The Morgan fingerprint density at radius 3 is 2.43 bits per heavy atom. The SMILES string of the molecule is N#Cc1ccc(C(F)(F)F)nc1N[C@@H]1C[C@H]1c1ccc(F)cc1. The molecular weight excluding hydrogens is 310 g/mol. The average molecular weight is 321 g/mol. The normalized spacial score (nSPS) is 20.0. The van der Waals surface area contributed by atoms with Crippen LogP contribution in [0.3, 0.4) is 0 Å². The number of nitrogens with one attached hydrogen (secondary N) is 1. The van der Waals surface area contributed by atoms with Gasteiger partial charge >= 0.3 is 6.18 Å². The Labute approximate surface area is 129 Å². The van der Waals surface area contributed by atoms with Crippen molar-refractivity contribution in [1.82, 2.24) is 4.98 Å². The molecule has 118 valence electrons. The van der Waals surface area contributed by atoms with Crippen LogP contribution in [0.25, 0.3) is 0 Å². The van der Waals surface area contributed by atoms with Crippen molar-refractivity contribution in [3.63, 3.8) is 0 Å². The van der Waals surface area contributed by atoms with Crippen LogP contribution in [0, 0.1) is 17.1 Å². The third-order valence-electron chi connectivity index (χ3n) is 3.72. The van der Waals surface area contributed by atoms with Crippen molar-refractivity contribution in [3.05, 3.63) is 59.0 Å². The molecule has 1 saturated carbocycles. The van der Waals surface area contributed by atoms with Crippen molar-refractivity contribution in [2.24, 2.45) is 0 Å². The fourth-order valence-electron chi connectivity index (χ4n) is 2.43. The van der Waals surface area contributed by atoms with Gasteiger partial charge in [0.15, 0.2) is 0 Å². The second-order valence-electron chi connectivity index (χ2n) is 5.35. The van der Waals surface area contributed by atoms with Gasteiger partial charge in [0.2, 0.25) is 0 Å². The molecule has 1 aromatic carbocycles. The zero-order valence-electron chi connectivity index (χ0n) is 11.7. The first-order valence-corrected chi connectivity index (χ1v) is 6.89. The Bertz CT molecular complexity index is 762.